The van der Waals surface area contributed by atoms with Crippen molar-refractivity contribution in [2.75, 3.05) is 26.2 Å². The molecule has 45 heavy (non-hydrogen) atoms. The second-order valence-corrected chi connectivity index (χ2v) is 13.1. The number of carbonyl (C=O) groups excluding carboxylic acids is 3. The van der Waals surface area contributed by atoms with Crippen LogP contribution in [-0.2, 0) is 20.7 Å². The maximum absolute atomic E-state index is 13.4. The molecule has 0 saturated carbocycles. The first kappa shape index (κ1) is 33.6. The zero-order chi connectivity index (χ0) is 32.6. The van der Waals surface area contributed by atoms with Crippen LogP contribution in [0.2, 0.25) is 0 Å². The number of hydrogen-bond donors (Lipinski definition) is 1. The molecule has 2 aliphatic rings. The first-order valence-electron chi connectivity index (χ1n) is 15.9. The third-order valence-electron chi connectivity index (χ3n) is 7.95. The van der Waals surface area contributed by atoms with Crippen LogP contribution < -0.4 is 10.1 Å². The molecule has 0 bridgehead atoms. The van der Waals surface area contributed by atoms with Crippen molar-refractivity contribution in [2.24, 2.45) is 5.92 Å². The van der Waals surface area contributed by atoms with Crippen LogP contribution in [0.25, 0.3) is 11.1 Å². The highest BCUT2D eigenvalue weighted by Crippen LogP contribution is 2.26. The molecule has 242 valence electrons. The van der Waals surface area contributed by atoms with Crippen molar-refractivity contribution < 1.29 is 28.6 Å². The summed E-state index contributed by atoms with van der Waals surface area (Å²) in [7, 11) is 0. The summed E-state index contributed by atoms with van der Waals surface area (Å²) in [5.74, 6) is 0.907. The minimum absolute atomic E-state index is 0.116. The maximum Gasteiger partial charge on any atom is 0.410 e. The van der Waals surface area contributed by atoms with E-state index in [1.54, 1.807) is 30.6 Å². The van der Waals surface area contributed by atoms with Gasteiger partial charge < -0.3 is 29.3 Å². The Kier molecular flexibility index (Phi) is 11.3. The van der Waals surface area contributed by atoms with E-state index in [1.807, 2.05) is 62.4 Å². The van der Waals surface area contributed by atoms with Crippen molar-refractivity contribution in [3.8, 4) is 22.9 Å². The Morgan fingerprint density at radius 2 is 1.58 bits per heavy atom. The van der Waals surface area contributed by atoms with Gasteiger partial charge in [0, 0.05) is 26.1 Å². The fourth-order valence-corrected chi connectivity index (χ4v) is 5.60. The van der Waals surface area contributed by atoms with Crippen LogP contribution in [-0.4, -0.2) is 77.9 Å². The number of alkyl carbamates (subject to hydrolysis) is 1. The average molecular weight is 619 g/mol. The molecule has 2 aliphatic heterocycles. The van der Waals surface area contributed by atoms with Crippen LogP contribution in [0.3, 0.4) is 0 Å². The van der Waals surface area contributed by atoms with Crippen LogP contribution in [0, 0.1) is 17.2 Å². The molecule has 0 aliphatic carbocycles. The number of nitrogens with zero attached hydrogens (tertiary/aromatic N) is 3. The van der Waals surface area contributed by atoms with Crippen LogP contribution in [0.5, 0.6) is 5.75 Å². The lowest BCUT2D eigenvalue weighted by Gasteiger charge is -2.31. The summed E-state index contributed by atoms with van der Waals surface area (Å²) < 4.78 is 16.8. The number of hydrogen-bond acceptors (Lipinski definition) is 7. The SMILES string of the molecule is CC(C)OC(=O)N1CCC(COc2ccc(-c3ccc(C[C@H](NC(=O)OC(C)(C)C)C(=O)N4CCC[C@H]4C#N)cc3)cc2)CC1. The monoisotopic (exact) mass is 618 g/mol. The van der Waals surface area contributed by atoms with Gasteiger partial charge in [-0.25, -0.2) is 9.59 Å². The number of nitrogens with one attached hydrogen (secondary N) is 1. The van der Waals surface area contributed by atoms with Gasteiger partial charge in [0.1, 0.15) is 23.4 Å². The third-order valence-corrected chi connectivity index (χ3v) is 7.95. The van der Waals surface area contributed by atoms with Crippen molar-refractivity contribution in [3.05, 3.63) is 54.1 Å². The summed E-state index contributed by atoms with van der Waals surface area (Å²) in [4.78, 5) is 41.5. The normalized spacial score (nSPS) is 17.8. The zero-order valence-corrected chi connectivity index (χ0v) is 27.1. The number of amides is 3. The van der Waals surface area contributed by atoms with Gasteiger partial charge >= 0.3 is 12.2 Å². The molecule has 1 N–H and O–H groups in total. The predicted molar refractivity (Wildman–Crippen MR) is 170 cm³/mol. The Morgan fingerprint density at radius 1 is 0.956 bits per heavy atom. The molecule has 2 aromatic rings. The third kappa shape index (κ3) is 9.87. The van der Waals surface area contributed by atoms with Gasteiger partial charge in [-0.15, -0.1) is 0 Å². The molecule has 0 unspecified atom stereocenters. The van der Waals surface area contributed by atoms with Crippen LogP contribution >= 0.6 is 0 Å². The number of rotatable bonds is 9. The summed E-state index contributed by atoms with van der Waals surface area (Å²) in [6, 6.07) is 16.7. The topological polar surface area (TPSA) is 121 Å². The largest absolute Gasteiger partial charge is 0.493 e. The molecule has 2 aromatic carbocycles. The van der Waals surface area contributed by atoms with Crippen LogP contribution in [0.1, 0.15) is 65.9 Å². The number of nitriles is 1. The molecular formula is C35H46N4O6. The Morgan fingerprint density at radius 3 is 2.16 bits per heavy atom. The first-order chi connectivity index (χ1) is 21.4. The fourth-order valence-electron chi connectivity index (χ4n) is 5.60. The number of piperidine rings is 1. The van der Waals surface area contributed by atoms with E-state index in [0.717, 1.165) is 41.7 Å². The standard InChI is InChI=1S/C35H46N4O6/c1-24(2)44-34(42)38-19-16-26(17-20-38)23-43-30-14-12-28(13-15-30)27-10-8-25(9-11-27)21-31(37-33(41)45-35(3,4)5)32(40)39-18-6-7-29(39)22-36/h8-15,24,26,29,31H,6-7,16-21,23H2,1-5H3,(H,37,41)/t29-,31-/m0/s1. The Labute approximate surface area is 266 Å². The summed E-state index contributed by atoms with van der Waals surface area (Å²) in [5.41, 5.74) is 2.21. The van der Waals surface area contributed by atoms with Crippen LogP contribution in [0.4, 0.5) is 9.59 Å². The Bertz CT molecular complexity index is 1340. The molecule has 0 radical (unpaired) electrons. The maximum atomic E-state index is 13.4. The van der Waals surface area contributed by atoms with Crippen molar-refractivity contribution >= 4 is 18.1 Å². The van der Waals surface area contributed by atoms with E-state index < -0.39 is 23.8 Å². The number of benzene rings is 2. The predicted octanol–water partition coefficient (Wildman–Crippen LogP) is 5.94. The van der Waals surface area contributed by atoms with E-state index >= 15 is 0 Å². The highest BCUT2D eigenvalue weighted by Gasteiger charge is 2.35. The zero-order valence-electron chi connectivity index (χ0n) is 27.1. The molecule has 3 amide bonds. The molecule has 10 heteroatoms. The molecule has 2 heterocycles. The average Bonchev–Trinajstić information content (AvgIpc) is 3.48. The first-order valence-corrected chi connectivity index (χ1v) is 15.9. The lowest BCUT2D eigenvalue weighted by atomic mass is 9.98. The van der Waals surface area contributed by atoms with Crippen molar-refractivity contribution in [1.29, 1.82) is 5.26 Å². The smallest absolute Gasteiger partial charge is 0.410 e. The van der Waals surface area contributed by atoms with Crippen LogP contribution in [0.15, 0.2) is 48.5 Å². The number of ether oxygens (including phenoxy) is 3. The van der Waals surface area contributed by atoms with Gasteiger partial charge in [-0.1, -0.05) is 36.4 Å². The summed E-state index contributed by atoms with van der Waals surface area (Å²) >= 11 is 0. The minimum atomic E-state index is -0.850. The molecule has 10 nitrogen and oxygen atoms in total. The summed E-state index contributed by atoms with van der Waals surface area (Å²) in [6.07, 6.45) is 2.42. The van der Waals surface area contributed by atoms with E-state index in [0.29, 0.717) is 38.6 Å². The minimum Gasteiger partial charge on any atom is -0.493 e. The molecule has 2 atom stereocenters. The molecule has 0 aromatic heterocycles. The summed E-state index contributed by atoms with van der Waals surface area (Å²) in [6.45, 7) is 11.5. The molecule has 4 rings (SSSR count). The van der Waals surface area contributed by atoms with Gasteiger partial charge in [0.15, 0.2) is 0 Å². The van der Waals surface area contributed by atoms with E-state index in [4.69, 9.17) is 14.2 Å². The summed E-state index contributed by atoms with van der Waals surface area (Å²) in [5, 5.41) is 12.3. The second kappa shape index (κ2) is 15.2. The Hall–Kier alpha value is -4.26. The van der Waals surface area contributed by atoms with E-state index in [2.05, 4.69) is 11.4 Å². The highest BCUT2D eigenvalue weighted by molar-refractivity contribution is 5.86. The van der Waals surface area contributed by atoms with E-state index in [-0.39, 0.29) is 24.5 Å². The highest BCUT2D eigenvalue weighted by atomic mass is 16.6. The lowest BCUT2D eigenvalue weighted by Crippen LogP contribution is -2.51. The molecule has 2 saturated heterocycles. The number of carbonyl (C=O) groups is 3. The Balaban J connectivity index is 1.33. The lowest BCUT2D eigenvalue weighted by molar-refractivity contribution is -0.133. The quantitative estimate of drug-likeness (QED) is 0.369. The van der Waals surface area contributed by atoms with Gasteiger partial charge in [-0.2, -0.15) is 5.26 Å². The number of likely N-dealkylation sites (tertiary alicyclic amines) is 2. The van der Waals surface area contributed by atoms with Gasteiger partial charge in [-0.05, 0) is 95.0 Å². The fraction of sp³-hybridized carbons (Fsp3) is 0.543. The van der Waals surface area contributed by atoms with E-state index in [1.165, 1.54) is 0 Å². The van der Waals surface area contributed by atoms with Crippen molar-refractivity contribution in [2.45, 2.75) is 90.5 Å². The molecular weight excluding hydrogens is 572 g/mol. The van der Waals surface area contributed by atoms with Gasteiger partial charge in [0.2, 0.25) is 5.91 Å². The molecule has 0 spiro atoms. The van der Waals surface area contributed by atoms with Gasteiger partial charge in [0.05, 0.1) is 18.8 Å². The van der Waals surface area contributed by atoms with Crippen molar-refractivity contribution in [1.82, 2.24) is 15.1 Å². The van der Waals surface area contributed by atoms with Gasteiger partial charge in [-0.3, -0.25) is 4.79 Å². The van der Waals surface area contributed by atoms with Crippen molar-refractivity contribution in [3.63, 3.8) is 0 Å². The second-order valence-electron chi connectivity index (χ2n) is 13.1. The van der Waals surface area contributed by atoms with E-state index in [9.17, 15) is 19.6 Å². The van der Waals surface area contributed by atoms with Gasteiger partial charge in [0.25, 0.3) is 0 Å². The molecule has 2 fully saturated rings.